The lowest BCUT2D eigenvalue weighted by atomic mass is 10.2. The number of halogens is 3. The van der Waals surface area contributed by atoms with Gasteiger partial charge in [0.15, 0.2) is 0 Å². The van der Waals surface area contributed by atoms with Crippen molar-refractivity contribution in [2.45, 2.75) is 19.2 Å². The Bertz CT molecular complexity index is 399. The highest BCUT2D eigenvalue weighted by Crippen LogP contribution is 2.25. The number of benzene rings is 1. The maximum Gasteiger partial charge on any atom is 0.149 e. The second-order valence-corrected chi connectivity index (χ2v) is 4.98. The van der Waals surface area contributed by atoms with E-state index >= 15 is 0 Å². The normalized spacial score (nSPS) is 10.9. The minimum Gasteiger partial charge on any atom is -0.380 e. The number of nitrogens with zero attached hydrogens (tertiary/aromatic N) is 1. The molecule has 1 aromatic rings. The molecule has 3 nitrogen and oxygen atoms in total. The second kappa shape index (κ2) is 10.1. The Morgan fingerprint density at radius 1 is 1.00 bits per heavy atom. The van der Waals surface area contributed by atoms with Crippen LogP contribution in [0.5, 0.6) is 0 Å². The average molecular weight is 366 g/mol. The van der Waals surface area contributed by atoms with E-state index in [4.69, 9.17) is 9.47 Å². The summed E-state index contributed by atoms with van der Waals surface area (Å²) in [5.74, 6) is -1.12. The molecule has 0 radical (unpaired) electrons. The Balaban J connectivity index is 2.89. The predicted molar refractivity (Wildman–Crippen MR) is 84.2 cm³/mol. The third-order valence-corrected chi connectivity index (χ3v) is 3.61. The molecule has 0 aliphatic rings. The summed E-state index contributed by atoms with van der Waals surface area (Å²) >= 11 is 3.20. The van der Waals surface area contributed by atoms with Crippen molar-refractivity contribution in [1.82, 2.24) is 0 Å². The monoisotopic (exact) mass is 365 g/mol. The minimum atomic E-state index is -0.558. The van der Waals surface area contributed by atoms with E-state index in [1.807, 2.05) is 13.8 Å². The number of anilines is 1. The molecule has 0 spiro atoms. The Morgan fingerprint density at radius 2 is 1.48 bits per heavy atom. The molecule has 21 heavy (non-hydrogen) atoms. The van der Waals surface area contributed by atoms with Crippen LogP contribution in [0.3, 0.4) is 0 Å². The fourth-order valence-electron chi connectivity index (χ4n) is 1.97. The molecule has 0 N–H and O–H groups in total. The average Bonchev–Trinajstić information content (AvgIpc) is 2.46. The summed E-state index contributed by atoms with van der Waals surface area (Å²) in [7, 11) is 0. The van der Waals surface area contributed by atoms with Crippen LogP contribution in [0, 0.1) is 11.6 Å². The Hall–Kier alpha value is -0.720. The molecular formula is C15H22BrF2NO2. The molecule has 0 saturated heterocycles. The van der Waals surface area contributed by atoms with Crippen LogP contribution in [0.1, 0.15) is 19.4 Å². The van der Waals surface area contributed by atoms with Gasteiger partial charge in [0.05, 0.1) is 13.2 Å². The van der Waals surface area contributed by atoms with Gasteiger partial charge in [-0.1, -0.05) is 15.9 Å². The Morgan fingerprint density at radius 3 is 1.86 bits per heavy atom. The first kappa shape index (κ1) is 18.3. The fourth-order valence-corrected chi connectivity index (χ4v) is 2.29. The highest BCUT2D eigenvalue weighted by Gasteiger charge is 2.18. The number of hydrogen-bond donors (Lipinski definition) is 0. The number of alkyl halides is 1. The maximum atomic E-state index is 14.2. The first-order chi connectivity index (χ1) is 10.1. The lowest BCUT2D eigenvalue weighted by Gasteiger charge is -2.25. The van der Waals surface area contributed by atoms with E-state index in [0.29, 0.717) is 50.4 Å². The van der Waals surface area contributed by atoms with Gasteiger partial charge < -0.3 is 14.4 Å². The van der Waals surface area contributed by atoms with Crippen LogP contribution in [0.25, 0.3) is 0 Å². The predicted octanol–water partition coefficient (Wildman–Crippen LogP) is 3.74. The Kier molecular flexibility index (Phi) is 8.80. The van der Waals surface area contributed by atoms with Crippen molar-refractivity contribution in [1.29, 1.82) is 0 Å². The van der Waals surface area contributed by atoms with E-state index in [1.165, 1.54) is 12.1 Å². The van der Waals surface area contributed by atoms with Gasteiger partial charge in [-0.05, 0) is 31.5 Å². The van der Waals surface area contributed by atoms with Crippen LogP contribution in [0.2, 0.25) is 0 Å². The summed E-state index contributed by atoms with van der Waals surface area (Å²) in [5, 5.41) is 0.416. The molecule has 1 rings (SSSR count). The molecule has 0 fully saturated rings. The SMILES string of the molecule is CCOCCN(CCOCC)c1c(F)cc(CBr)cc1F. The molecule has 0 unspecified atom stereocenters. The second-order valence-electron chi connectivity index (χ2n) is 4.42. The molecule has 0 amide bonds. The lowest BCUT2D eigenvalue weighted by molar-refractivity contribution is 0.141. The third kappa shape index (κ3) is 5.88. The van der Waals surface area contributed by atoms with E-state index < -0.39 is 11.6 Å². The van der Waals surface area contributed by atoms with E-state index in [0.717, 1.165) is 0 Å². The Labute approximate surface area is 133 Å². The quantitative estimate of drug-likeness (QED) is 0.465. The summed E-state index contributed by atoms with van der Waals surface area (Å²) in [6, 6.07) is 2.70. The van der Waals surface area contributed by atoms with Crippen molar-refractivity contribution < 1.29 is 18.3 Å². The summed E-state index contributed by atoms with van der Waals surface area (Å²) in [6.45, 7) is 6.60. The molecule has 0 aromatic heterocycles. The number of ether oxygens (including phenoxy) is 2. The van der Waals surface area contributed by atoms with Crippen molar-refractivity contribution in [3.63, 3.8) is 0 Å². The summed E-state index contributed by atoms with van der Waals surface area (Å²) in [6.07, 6.45) is 0. The topological polar surface area (TPSA) is 21.7 Å². The highest BCUT2D eigenvalue weighted by atomic mass is 79.9. The minimum absolute atomic E-state index is 0.0147. The lowest BCUT2D eigenvalue weighted by Crippen LogP contribution is -2.32. The fraction of sp³-hybridized carbons (Fsp3) is 0.600. The van der Waals surface area contributed by atoms with E-state index in [2.05, 4.69) is 15.9 Å². The summed E-state index contributed by atoms with van der Waals surface area (Å²) in [4.78, 5) is 1.63. The van der Waals surface area contributed by atoms with E-state index in [1.54, 1.807) is 4.90 Å². The van der Waals surface area contributed by atoms with Crippen LogP contribution in [0.4, 0.5) is 14.5 Å². The van der Waals surface area contributed by atoms with Crippen molar-refractivity contribution in [3.05, 3.63) is 29.3 Å². The van der Waals surface area contributed by atoms with Gasteiger partial charge in [-0.15, -0.1) is 0 Å². The van der Waals surface area contributed by atoms with Crippen LogP contribution in [-0.2, 0) is 14.8 Å². The summed E-state index contributed by atoms with van der Waals surface area (Å²) < 4.78 is 38.9. The molecule has 0 aliphatic carbocycles. The van der Waals surface area contributed by atoms with Gasteiger partial charge >= 0.3 is 0 Å². The largest absolute Gasteiger partial charge is 0.380 e. The highest BCUT2D eigenvalue weighted by molar-refractivity contribution is 9.08. The summed E-state index contributed by atoms with van der Waals surface area (Å²) in [5.41, 5.74) is 0.558. The van der Waals surface area contributed by atoms with Crippen LogP contribution in [0.15, 0.2) is 12.1 Å². The zero-order valence-electron chi connectivity index (χ0n) is 12.5. The van der Waals surface area contributed by atoms with Gasteiger partial charge in [-0.25, -0.2) is 8.78 Å². The molecule has 1 aromatic carbocycles. The molecule has 120 valence electrons. The molecule has 6 heteroatoms. The van der Waals surface area contributed by atoms with Gasteiger partial charge in [0.2, 0.25) is 0 Å². The third-order valence-electron chi connectivity index (χ3n) is 2.97. The van der Waals surface area contributed by atoms with E-state index in [9.17, 15) is 8.78 Å². The van der Waals surface area contributed by atoms with Crippen LogP contribution >= 0.6 is 15.9 Å². The van der Waals surface area contributed by atoms with Crippen molar-refractivity contribution in [2.24, 2.45) is 0 Å². The molecule has 0 aliphatic heterocycles. The maximum absolute atomic E-state index is 14.2. The molecule has 0 saturated carbocycles. The number of hydrogen-bond acceptors (Lipinski definition) is 3. The molecule has 0 atom stereocenters. The molecule has 0 bridgehead atoms. The smallest absolute Gasteiger partial charge is 0.149 e. The van der Waals surface area contributed by atoms with Gasteiger partial charge in [0.1, 0.15) is 17.3 Å². The van der Waals surface area contributed by atoms with Gasteiger partial charge in [0.25, 0.3) is 0 Å². The van der Waals surface area contributed by atoms with Gasteiger partial charge in [0, 0.05) is 31.6 Å². The van der Waals surface area contributed by atoms with Crippen molar-refractivity contribution >= 4 is 21.6 Å². The molecular weight excluding hydrogens is 344 g/mol. The molecule has 0 heterocycles. The first-order valence-electron chi connectivity index (χ1n) is 7.08. The standard InChI is InChI=1S/C15H22BrF2NO2/c1-3-20-7-5-19(6-8-21-4-2)15-13(17)9-12(11-16)10-14(15)18/h9-10H,3-8,11H2,1-2H3. The van der Waals surface area contributed by atoms with Crippen molar-refractivity contribution in [2.75, 3.05) is 44.4 Å². The zero-order valence-corrected chi connectivity index (χ0v) is 14.1. The van der Waals surface area contributed by atoms with E-state index in [-0.39, 0.29) is 5.69 Å². The number of rotatable bonds is 10. The zero-order chi connectivity index (χ0) is 15.7. The van der Waals surface area contributed by atoms with Crippen LogP contribution in [-0.4, -0.2) is 39.5 Å². The van der Waals surface area contributed by atoms with Gasteiger partial charge in [-0.3, -0.25) is 0 Å². The first-order valence-corrected chi connectivity index (χ1v) is 8.20. The van der Waals surface area contributed by atoms with Crippen molar-refractivity contribution in [3.8, 4) is 0 Å². The van der Waals surface area contributed by atoms with Gasteiger partial charge in [-0.2, -0.15) is 0 Å². The van der Waals surface area contributed by atoms with Crippen LogP contribution < -0.4 is 4.90 Å².